The molecule has 0 bridgehead atoms. The lowest BCUT2D eigenvalue weighted by Gasteiger charge is -2.30. The van der Waals surface area contributed by atoms with Gasteiger partial charge in [-0.05, 0) is 25.5 Å². The number of nitrogens with zero attached hydrogens (tertiary/aromatic N) is 2. The number of primary amides is 1. The van der Waals surface area contributed by atoms with Crippen LogP contribution >= 0.6 is 0 Å². The molecule has 1 amide bonds. The zero-order chi connectivity index (χ0) is 15.5. The Hall–Kier alpha value is -1.74. The summed E-state index contributed by atoms with van der Waals surface area (Å²) in [7, 11) is 0. The van der Waals surface area contributed by atoms with Crippen molar-refractivity contribution in [1.82, 2.24) is 20.6 Å². The fourth-order valence-electron chi connectivity index (χ4n) is 2.24. The van der Waals surface area contributed by atoms with Gasteiger partial charge in [0, 0.05) is 12.2 Å². The maximum Gasteiger partial charge on any atom is 0.433 e. The highest BCUT2D eigenvalue weighted by Crippen LogP contribution is 2.28. The summed E-state index contributed by atoms with van der Waals surface area (Å²) in [5.74, 6) is -0.365. The van der Waals surface area contributed by atoms with Crippen molar-refractivity contribution in [2.45, 2.75) is 31.1 Å². The molecule has 21 heavy (non-hydrogen) atoms. The molecule has 0 spiro atoms. The Morgan fingerprint density at radius 2 is 2.29 bits per heavy atom. The maximum atomic E-state index is 12.6. The van der Waals surface area contributed by atoms with Crippen LogP contribution < -0.4 is 16.4 Å². The van der Waals surface area contributed by atoms with Crippen molar-refractivity contribution < 1.29 is 18.0 Å². The predicted octanol–water partition coefficient (Wildman–Crippen LogP) is 0.363. The van der Waals surface area contributed by atoms with Crippen LogP contribution in [0.3, 0.4) is 0 Å². The normalized spacial score (nSPS) is 23.0. The van der Waals surface area contributed by atoms with Crippen LogP contribution in [0.2, 0.25) is 0 Å². The van der Waals surface area contributed by atoms with Crippen molar-refractivity contribution in [3.05, 3.63) is 23.8 Å². The second-order valence-corrected chi connectivity index (χ2v) is 4.87. The number of hydrogen-bond donors (Lipinski definition) is 3. The second-order valence-electron chi connectivity index (χ2n) is 4.87. The second kappa shape index (κ2) is 6.35. The molecule has 1 aromatic heterocycles. The molecule has 2 atom stereocenters. The highest BCUT2D eigenvalue weighted by atomic mass is 19.4. The number of piperidine rings is 1. The van der Waals surface area contributed by atoms with E-state index >= 15 is 0 Å². The first kappa shape index (κ1) is 15.6. The summed E-state index contributed by atoms with van der Waals surface area (Å²) in [5.41, 5.74) is 4.10. The Morgan fingerprint density at radius 3 is 2.95 bits per heavy atom. The number of carbonyl (C=O) groups is 1. The Bertz CT molecular complexity index is 508. The van der Waals surface area contributed by atoms with E-state index in [2.05, 4.69) is 20.6 Å². The van der Waals surface area contributed by atoms with Crippen molar-refractivity contribution in [3.8, 4) is 0 Å². The quantitative estimate of drug-likeness (QED) is 0.747. The number of amides is 1. The zero-order valence-electron chi connectivity index (χ0n) is 11.2. The molecule has 2 heterocycles. The molecule has 1 aliphatic rings. The molecule has 0 radical (unpaired) electrons. The first-order chi connectivity index (χ1) is 9.86. The number of rotatable bonds is 4. The molecule has 1 aromatic rings. The third-order valence-electron chi connectivity index (χ3n) is 3.25. The van der Waals surface area contributed by atoms with E-state index in [9.17, 15) is 18.0 Å². The molecule has 116 valence electrons. The van der Waals surface area contributed by atoms with Crippen molar-refractivity contribution in [1.29, 1.82) is 0 Å². The molecule has 0 aromatic carbocycles. The van der Waals surface area contributed by atoms with Crippen LogP contribution in [0, 0.1) is 0 Å². The molecule has 1 fully saturated rings. The fourth-order valence-corrected chi connectivity index (χ4v) is 2.24. The van der Waals surface area contributed by atoms with Crippen LogP contribution in [0.4, 0.5) is 13.2 Å². The van der Waals surface area contributed by atoms with Crippen LogP contribution in [-0.4, -0.2) is 35.0 Å². The van der Waals surface area contributed by atoms with Gasteiger partial charge in [-0.25, -0.2) is 9.97 Å². The van der Waals surface area contributed by atoms with E-state index in [1.165, 1.54) is 0 Å². The summed E-state index contributed by atoms with van der Waals surface area (Å²) < 4.78 is 37.9. The van der Waals surface area contributed by atoms with Gasteiger partial charge in [0.05, 0.1) is 12.6 Å². The Labute approximate surface area is 119 Å². The minimum atomic E-state index is -4.49. The number of nitrogens with one attached hydrogen (secondary N) is 2. The summed E-state index contributed by atoms with van der Waals surface area (Å²) in [6.45, 7) is 0.640. The smallest absolute Gasteiger partial charge is 0.369 e. The largest absolute Gasteiger partial charge is 0.433 e. The summed E-state index contributed by atoms with van der Waals surface area (Å²) in [6.07, 6.45) is -2.14. The summed E-state index contributed by atoms with van der Waals surface area (Å²) in [5, 5.41) is 6.06. The highest BCUT2D eigenvalue weighted by Gasteiger charge is 2.34. The monoisotopic (exact) mass is 303 g/mol. The van der Waals surface area contributed by atoms with Crippen molar-refractivity contribution >= 4 is 5.91 Å². The van der Waals surface area contributed by atoms with Crippen LogP contribution in [0.1, 0.15) is 30.4 Å². The minimum absolute atomic E-state index is 0.0121. The van der Waals surface area contributed by atoms with Gasteiger partial charge in [0.25, 0.3) is 0 Å². The van der Waals surface area contributed by atoms with Crippen molar-refractivity contribution in [2.75, 3.05) is 13.1 Å². The third-order valence-corrected chi connectivity index (χ3v) is 3.25. The molecular formula is C12H16F3N5O. The number of nitrogens with two attached hydrogens (primary N) is 1. The highest BCUT2D eigenvalue weighted by molar-refractivity contribution is 5.75. The predicted molar refractivity (Wildman–Crippen MR) is 68.0 cm³/mol. The SMILES string of the molecule is NC(=O)CNC1CCNC(c2nccc(C(F)(F)F)n2)C1. The average Bonchev–Trinajstić information content (AvgIpc) is 2.45. The standard InChI is InChI=1S/C12H16F3N5O/c13-12(14,15)9-2-4-18-11(20-9)8-5-7(1-3-17-8)19-6-10(16)21/h2,4,7-8,17,19H,1,3,5-6H2,(H2,16,21). The van der Waals surface area contributed by atoms with Gasteiger partial charge in [-0.3, -0.25) is 4.79 Å². The summed E-state index contributed by atoms with van der Waals surface area (Å²) >= 11 is 0. The Balaban J connectivity index is 2.05. The number of carbonyl (C=O) groups excluding carboxylic acids is 1. The van der Waals surface area contributed by atoms with E-state index in [0.717, 1.165) is 18.7 Å². The molecule has 2 unspecified atom stereocenters. The van der Waals surface area contributed by atoms with Crippen LogP contribution in [0.15, 0.2) is 12.3 Å². The molecule has 2 rings (SSSR count). The molecule has 4 N–H and O–H groups in total. The number of aromatic nitrogens is 2. The van der Waals surface area contributed by atoms with Gasteiger partial charge in [-0.15, -0.1) is 0 Å². The first-order valence-electron chi connectivity index (χ1n) is 6.51. The van der Waals surface area contributed by atoms with Gasteiger partial charge in [-0.2, -0.15) is 13.2 Å². The van der Waals surface area contributed by atoms with Crippen LogP contribution in [-0.2, 0) is 11.0 Å². The van der Waals surface area contributed by atoms with E-state index in [-0.39, 0.29) is 24.5 Å². The van der Waals surface area contributed by atoms with Gasteiger partial charge in [-0.1, -0.05) is 0 Å². The van der Waals surface area contributed by atoms with E-state index in [0.29, 0.717) is 13.0 Å². The molecule has 1 saturated heterocycles. The molecule has 0 saturated carbocycles. The van der Waals surface area contributed by atoms with Gasteiger partial charge in [0.15, 0.2) is 0 Å². The van der Waals surface area contributed by atoms with Gasteiger partial charge >= 0.3 is 6.18 Å². The topological polar surface area (TPSA) is 92.9 Å². The lowest BCUT2D eigenvalue weighted by Crippen LogP contribution is -2.45. The third kappa shape index (κ3) is 4.36. The molecular weight excluding hydrogens is 287 g/mol. The molecule has 0 aliphatic carbocycles. The van der Waals surface area contributed by atoms with Crippen LogP contribution in [0.25, 0.3) is 0 Å². The average molecular weight is 303 g/mol. The van der Waals surface area contributed by atoms with E-state index in [1.807, 2.05) is 0 Å². The first-order valence-corrected chi connectivity index (χ1v) is 6.51. The lowest BCUT2D eigenvalue weighted by atomic mass is 9.98. The minimum Gasteiger partial charge on any atom is -0.369 e. The fraction of sp³-hybridized carbons (Fsp3) is 0.583. The Morgan fingerprint density at radius 1 is 1.52 bits per heavy atom. The zero-order valence-corrected chi connectivity index (χ0v) is 11.2. The molecule has 6 nitrogen and oxygen atoms in total. The van der Waals surface area contributed by atoms with Crippen molar-refractivity contribution in [3.63, 3.8) is 0 Å². The van der Waals surface area contributed by atoms with E-state index < -0.39 is 17.8 Å². The van der Waals surface area contributed by atoms with Crippen LogP contribution in [0.5, 0.6) is 0 Å². The summed E-state index contributed by atoms with van der Waals surface area (Å²) in [6, 6.07) is 0.447. The van der Waals surface area contributed by atoms with Gasteiger partial charge in [0.2, 0.25) is 5.91 Å². The van der Waals surface area contributed by atoms with Gasteiger partial charge in [0.1, 0.15) is 11.5 Å². The van der Waals surface area contributed by atoms with Gasteiger partial charge < -0.3 is 16.4 Å². The number of halogens is 3. The molecule has 9 heteroatoms. The van der Waals surface area contributed by atoms with E-state index in [4.69, 9.17) is 5.73 Å². The maximum absolute atomic E-state index is 12.6. The Kier molecular flexibility index (Phi) is 4.73. The lowest BCUT2D eigenvalue weighted by molar-refractivity contribution is -0.141. The van der Waals surface area contributed by atoms with Crippen molar-refractivity contribution in [2.24, 2.45) is 5.73 Å². The summed E-state index contributed by atoms with van der Waals surface area (Å²) in [4.78, 5) is 18.2. The number of alkyl halides is 3. The number of hydrogen-bond acceptors (Lipinski definition) is 5. The molecule has 1 aliphatic heterocycles. The van der Waals surface area contributed by atoms with E-state index in [1.54, 1.807) is 0 Å².